The minimum absolute atomic E-state index is 0.0543. The van der Waals surface area contributed by atoms with Crippen LogP contribution in [0.15, 0.2) is 36.7 Å². The molecule has 0 amide bonds. The molecule has 2 atom stereocenters. The second kappa shape index (κ2) is 6.39. The highest BCUT2D eigenvalue weighted by atomic mass is 16.3. The summed E-state index contributed by atoms with van der Waals surface area (Å²) >= 11 is 0. The van der Waals surface area contributed by atoms with Crippen molar-refractivity contribution in [3.63, 3.8) is 0 Å². The van der Waals surface area contributed by atoms with Crippen LogP contribution in [0.1, 0.15) is 31.1 Å². The zero-order valence-electron chi connectivity index (χ0n) is 17.0. The summed E-state index contributed by atoms with van der Waals surface area (Å²) in [6.07, 6.45) is 3.47. The number of ketones is 1. The van der Waals surface area contributed by atoms with Crippen molar-refractivity contribution in [1.29, 1.82) is 0 Å². The second-order valence-corrected chi connectivity index (χ2v) is 9.36. The molecular weight excluding hydrogens is 364 g/mol. The normalized spacial score (nSPS) is 23.4. The van der Waals surface area contributed by atoms with E-state index < -0.39 is 5.41 Å². The highest BCUT2D eigenvalue weighted by Crippen LogP contribution is 2.52. The van der Waals surface area contributed by atoms with Gasteiger partial charge in [0.15, 0.2) is 11.4 Å². The average molecular weight is 390 g/mol. The van der Waals surface area contributed by atoms with Crippen LogP contribution in [-0.4, -0.2) is 45.5 Å². The number of aromatic amines is 1. The van der Waals surface area contributed by atoms with Gasteiger partial charge in [0.25, 0.3) is 0 Å². The van der Waals surface area contributed by atoms with E-state index in [0.29, 0.717) is 41.1 Å². The lowest BCUT2D eigenvalue weighted by Crippen LogP contribution is -2.24. The van der Waals surface area contributed by atoms with Crippen molar-refractivity contribution in [2.24, 2.45) is 23.2 Å². The van der Waals surface area contributed by atoms with Gasteiger partial charge in [-0.1, -0.05) is 32.9 Å². The van der Waals surface area contributed by atoms with Gasteiger partial charge in [0.2, 0.25) is 0 Å². The smallest absolute Gasteiger partial charge is 0.171 e. The number of carbonyl (C=O) groups excluding carboxylic acids is 1. The number of Topliss-reactive ketones (excluding diaryl/α,β-unsaturated/α-hetero) is 1. The van der Waals surface area contributed by atoms with Gasteiger partial charge >= 0.3 is 0 Å². The molecule has 1 aliphatic carbocycles. The number of hydrogen-bond acceptors (Lipinski definition) is 5. The summed E-state index contributed by atoms with van der Waals surface area (Å²) in [5.74, 6) is 1.81. The van der Waals surface area contributed by atoms with E-state index in [1.54, 1.807) is 12.4 Å². The molecule has 6 nitrogen and oxygen atoms in total. The first-order valence-electron chi connectivity index (χ1n) is 10.2. The summed E-state index contributed by atoms with van der Waals surface area (Å²) < 4.78 is 0. The van der Waals surface area contributed by atoms with E-state index in [4.69, 9.17) is 4.98 Å². The monoisotopic (exact) mass is 390 g/mol. The van der Waals surface area contributed by atoms with E-state index in [-0.39, 0.29) is 5.78 Å². The van der Waals surface area contributed by atoms with Crippen LogP contribution in [0.5, 0.6) is 0 Å². The van der Waals surface area contributed by atoms with Gasteiger partial charge in [-0.15, -0.1) is 0 Å². The lowest BCUT2D eigenvalue weighted by atomic mass is 9.87. The van der Waals surface area contributed by atoms with Gasteiger partial charge in [0, 0.05) is 42.6 Å². The molecule has 1 saturated carbocycles. The standard InChI is InChI=1S/C23H26N4O2/c1-23(2,3)21(29)15-8-24-22-20(15)26-19(9-25-22)13-5-4-6-14(7-13)27-10-16-17(11-27)18(16)12-28/h4-9,16-18,28H,10-12H2,1-3H3,(H,24,25). The number of aliphatic hydroxyl groups is 1. The molecule has 1 aromatic carbocycles. The van der Waals surface area contributed by atoms with E-state index in [1.165, 1.54) is 5.69 Å². The Hall–Kier alpha value is -2.73. The predicted molar refractivity (Wildman–Crippen MR) is 113 cm³/mol. The molecule has 0 bridgehead atoms. The molecule has 0 radical (unpaired) electrons. The van der Waals surface area contributed by atoms with E-state index >= 15 is 0 Å². The molecule has 3 aromatic rings. The number of benzene rings is 1. The van der Waals surface area contributed by atoms with Gasteiger partial charge in [-0.2, -0.15) is 0 Å². The van der Waals surface area contributed by atoms with Crippen molar-refractivity contribution in [3.8, 4) is 11.3 Å². The molecule has 1 aliphatic heterocycles. The lowest BCUT2D eigenvalue weighted by molar-refractivity contribution is 0.0860. The van der Waals surface area contributed by atoms with Gasteiger partial charge in [-0.05, 0) is 29.9 Å². The first-order chi connectivity index (χ1) is 13.9. The molecule has 2 unspecified atom stereocenters. The Morgan fingerprint density at radius 1 is 1.28 bits per heavy atom. The summed E-state index contributed by atoms with van der Waals surface area (Å²) in [5, 5.41) is 9.38. The summed E-state index contributed by atoms with van der Waals surface area (Å²) in [6.45, 7) is 8.06. The van der Waals surface area contributed by atoms with Crippen molar-refractivity contribution in [2.75, 3.05) is 24.6 Å². The van der Waals surface area contributed by atoms with Gasteiger partial charge in [-0.3, -0.25) is 4.79 Å². The summed E-state index contributed by atoms with van der Waals surface area (Å²) in [6, 6.07) is 8.35. The Morgan fingerprint density at radius 3 is 2.72 bits per heavy atom. The number of rotatable bonds is 4. The molecule has 2 fully saturated rings. The molecule has 1 saturated heterocycles. The van der Waals surface area contributed by atoms with Crippen molar-refractivity contribution in [2.45, 2.75) is 20.8 Å². The Morgan fingerprint density at radius 2 is 2.03 bits per heavy atom. The van der Waals surface area contributed by atoms with E-state index in [2.05, 4.69) is 27.0 Å². The van der Waals surface area contributed by atoms with Crippen LogP contribution in [0.3, 0.4) is 0 Å². The number of fused-ring (bicyclic) bond motifs is 2. The minimum Gasteiger partial charge on any atom is -0.396 e. The molecule has 6 heteroatoms. The summed E-state index contributed by atoms with van der Waals surface area (Å²) in [5.41, 5.74) is 4.30. The molecular formula is C23H26N4O2. The average Bonchev–Trinajstić information content (AvgIpc) is 3.05. The number of hydrogen-bond donors (Lipinski definition) is 2. The van der Waals surface area contributed by atoms with Crippen LogP contribution < -0.4 is 4.90 Å². The number of nitrogens with one attached hydrogen (secondary N) is 1. The zero-order chi connectivity index (χ0) is 20.3. The molecule has 150 valence electrons. The number of aromatic nitrogens is 3. The van der Waals surface area contributed by atoms with Crippen LogP contribution in [0.25, 0.3) is 22.4 Å². The van der Waals surface area contributed by atoms with Crippen LogP contribution >= 0.6 is 0 Å². The molecule has 2 aromatic heterocycles. The highest BCUT2D eigenvalue weighted by Gasteiger charge is 2.55. The number of piperidine rings is 1. The topological polar surface area (TPSA) is 82.1 Å². The van der Waals surface area contributed by atoms with E-state index in [9.17, 15) is 9.90 Å². The first-order valence-corrected chi connectivity index (χ1v) is 10.2. The van der Waals surface area contributed by atoms with E-state index in [0.717, 1.165) is 24.3 Å². The maximum absolute atomic E-state index is 12.8. The molecule has 2 aliphatic rings. The Bertz CT molecular complexity index is 1090. The van der Waals surface area contributed by atoms with E-state index in [1.807, 2.05) is 32.9 Å². The van der Waals surface area contributed by atoms with Crippen molar-refractivity contribution in [3.05, 3.63) is 42.2 Å². The highest BCUT2D eigenvalue weighted by molar-refractivity contribution is 6.08. The zero-order valence-corrected chi connectivity index (χ0v) is 17.0. The van der Waals surface area contributed by atoms with Gasteiger partial charge in [0.05, 0.1) is 17.5 Å². The number of aliphatic hydroxyl groups excluding tert-OH is 1. The van der Waals surface area contributed by atoms with Crippen LogP contribution in [0.2, 0.25) is 0 Å². The number of H-pyrrole nitrogens is 1. The Balaban J connectivity index is 1.46. The van der Waals surface area contributed by atoms with Crippen LogP contribution in [0.4, 0.5) is 5.69 Å². The van der Waals surface area contributed by atoms with Crippen LogP contribution in [0, 0.1) is 23.2 Å². The Kier molecular flexibility index (Phi) is 4.03. The fourth-order valence-corrected chi connectivity index (χ4v) is 4.60. The molecule has 2 N–H and O–H groups in total. The number of nitrogens with zero attached hydrogens (tertiary/aromatic N) is 3. The molecule has 5 rings (SSSR count). The third-order valence-electron chi connectivity index (χ3n) is 6.40. The third kappa shape index (κ3) is 3.02. The largest absolute Gasteiger partial charge is 0.396 e. The SMILES string of the molecule is CC(C)(C)C(=O)c1c[nH]c2ncc(-c3cccc(N4CC5C(CO)C5C4)c3)nc12. The van der Waals surface area contributed by atoms with Gasteiger partial charge < -0.3 is 15.0 Å². The maximum atomic E-state index is 12.8. The van der Waals surface area contributed by atoms with Gasteiger partial charge in [0.1, 0.15) is 5.52 Å². The van der Waals surface area contributed by atoms with Crippen LogP contribution in [-0.2, 0) is 0 Å². The van der Waals surface area contributed by atoms with Crippen molar-refractivity contribution >= 4 is 22.6 Å². The minimum atomic E-state index is -0.476. The maximum Gasteiger partial charge on any atom is 0.171 e. The molecule has 29 heavy (non-hydrogen) atoms. The van der Waals surface area contributed by atoms with Gasteiger partial charge in [-0.25, -0.2) is 9.97 Å². The molecule has 3 heterocycles. The summed E-state index contributed by atoms with van der Waals surface area (Å²) in [4.78, 5) is 27.5. The predicted octanol–water partition coefficient (Wildman–Crippen LogP) is 3.53. The molecule has 0 spiro atoms. The lowest BCUT2D eigenvalue weighted by Gasteiger charge is -2.22. The summed E-state index contributed by atoms with van der Waals surface area (Å²) in [7, 11) is 0. The fraction of sp³-hybridized carbons (Fsp3) is 0.435. The quantitative estimate of drug-likeness (QED) is 0.666. The fourth-order valence-electron chi connectivity index (χ4n) is 4.60. The third-order valence-corrected chi connectivity index (χ3v) is 6.40. The first kappa shape index (κ1) is 18.3. The van der Waals surface area contributed by atoms with Crippen molar-refractivity contribution in [1.82, 2.24) is 15.0 Å². The number of anilines is 1. The number of carbonyl (C=O) groups is 1. The Labute approximate surface area is 170 Å². The van der Waals surface area contributed by atoms with Crippen molar-refractivity contribution < 1.29 is 9.90 Å². The second-order valence-electron chi connectivity index (χ2n) is 9.36.